The van der Waals surface area contributed by atoms with Gasteiger partial charge in [0.25, 0.3) is 0 Å². The van der Waals surface area contributed by atoms with E-state index < -0.39 is 11.7 Å². The number of rotatable bonds is 7. The standard InChI is InChI=1S/C24H21F3N2OS/c25-24(26,27)19-9-7-17(8-10-19)16-29(23(30)14-20-4-3-13-31-20)12-11-18-15-28-22-6-2-1-5-21(18)22/h1-10,13,15,28H,11-12,14,16H2. The molecule has 160 valence electrons. The highest BCUT2D eigenvalue weighted by Crippen LogP contribution is 2.29. The summed E-state index contributed by atoms with van der Waals surface area (Å²) in [5.74, 6) is -0.0396. The third kappa shape index (κ3) is 5.17. The van der Waals surface area contributed by atoms with Crippen molar-refractivity contribution in [3.05, 3.63) is 93.8 Å². The van der Waals surface area contributed by atoms with Crippen LogP contribution in [0.5, 0.6) is 0 Å². The molecule has 1 N–H and O–H groups in total. The molecule has 4 rings (SSSR count). The molecule has 31 heavy (non-hydrogen) atoms. The maximum absolute atomic E-state index is 13.0. The highest BCUT2D eigenvalue weighted by molar-refractivity contribution is 7.10. The molecular formula is C24H21F3N2OS. The molecule has 3 nitrogen and oxygen atoms in total. The number of H-pyrrole nitrogens is 1. The van der Waals surface area contributed by atoms with Crippen LogP contribution in [0.4, 0.5) is 13.2 Å². The third-order valence-electron chi connectivity index (χ3n) is 5.24. The molecule has 0 fully saturated rings. The molecule has 2 aromatic heterocycles. The minimum atomic E-state index is -4.37. The summed E-state index contributed by atoms with van der Waals surface area (Å²) in [4.78, 5) is 18.9. The Bertz CT molecular complexity index is 1150. The van der Waals surface area contributed by atoms with Crippen LogP contribution in [0.1, 0.15) is 21.6 Å². The number of thiophene rings is 1. The van der Waals surface area contributed by atoms with E-state index in [-0.39, 0.29) is 18.9 Å². The lowest BCUT2D eigenvalue weighted by Crippen LogP contribution is -2.33. The lowest BCUT2D eigenvalue weighted by atomic mass is 10.1. The van der Waals surface area contributed by atoms with E-state index in [1.165, 1.54) is 23.5 Å². The van der Waals surface area contributed by atoms with Crippen molar-refractivity contribution >= 4 is 28.1 Å². The van der Waals surface area contributed by atoms with Crippen molar-refractivity contribution in [2.45, 2.75) is 25.6 Å². The van der Waals surface area contributed by atoms with Gasteiger partial charge in [0.1, 0.15) is 0 Å². The van der Waals surface area contributed by atoms with Crippen LogP contribution < -0.4 is 0 Å². The number of nitrogens with one attached hydrogen (secondary N) is 1. The van der Waals surface area contributed by atoms with Crippen LogP contribution in [-0.2, 0) is 30.4 Å². The van der Waals surface area contributed by atoms with E-state index in [1.807, 2.05) is 48.0 Å². The van der Waals surface area contributed by atoms with Crippen molar-refractivity contribution in [1.82, 2.24) is 9.88 Å². The molecule has 0 aliphatic rings. The summed E-state index contributed by atoms with van der Waals surface area (Å²) >= 11 is 1.52. The molecule has 0 radical (unpaired) electrons. The zero-order chi connectivity index (χ0) is 21.8. The fourth-order valence-electron chi connectivity index (χ4n) is 3.58. The second-order valence-corrected chi connectivity index (χ2v) is 8.41. The van der Waals surface area contributed by atoms with Gasteiger partial charge < -0.3 is 9.88 Å². The van der Waals surface area contributed by atoms with E-state index in [0.29, 0.717) is 18.5 Å². The van der Waals surface area contributed by atoms with Crippen molar-refractivity contribution < 1.29 is 18.0 Å². The number of alkyl halides is 3. The number of hydrogen-bond acceptors (Lipinski definition) is 2. The lowest BCUT2D eigenvalue weighted by Gasteiger charge is -2.23. The minimum absolute atomic E-state index is 0.0396. The maximum Gasteiger partial charge on any atom is 0.416 e. The van der Waals surface area contributed by atoms with Gasteiger partial charge in [-0.15, -0.1) is 11.3 Å². The Kier molecular flexibility index (Phi) is 6.13. The largest absolute Gasteiger partial charge is 0.416 e. The highest BCUT2D eigenvalue weighted by Gasteiger charge is 2.30. The van der Waals surface area contributed by atoms with Crippen LogP contribution in [0, 0.1) is 0 Å². The molecule has 0 saturated heterocycles. The van der Waals surface area contributed by atoms with Crippen molar-refractivity contribution in [2.75, 3.05) is 6.54 Å². The predicted molar refractivity (Wildman–Crippen MR) is 117 cm³/mol. The van der Waals surface area contributed by atoms with Gasteiger partial charge >= 0.3 is 6.18 Å². The van der Waals surface area contributed by atoms with E-state index >= 15 is 0 Å². The average molecular weight is 443 g/mol. The Morgan fingerprint density at radius 1 is 1.00 bits per heavy atom. The van der Waals surface area contributed by atoms with Gasteiger partial charge in [-0.2, -0.15) is 13.2 Å². The summed E-state index contributed by atoms with van der Waals surface area (Å²) in [6, 6.07) is 16.8. The first-order valence-corrected chi connectivity index (χ1v) is 10.8. The third-order valence-corrected chi connectivity index (χ3v) is 6.12. The summed E-state index contributed by atoms with van der Waals surface area (Å²) in [6.07, 6.45) is -1.49. The van der Waals surface area contributed by atoms with Crippen LogP contribution >= 0.6 is 11.3 Å². The number of aromatic nitrogens is 1. The second kappa shape index (κ2) is 8.98. The van der Waals surface area contributed by atoms with Gasteiger partial charge in [-0.3, -0.25) is 4.79 Å². The molecule has 2 heterocycles. The lowest BCUT2D eigenvalue weighted by molar-refractivity contribution is -0.137. The predicted octanol–water partition coefficient (Wildman–Crippen LogP) is 6.06. The number of hydrogen-bond donors (Lipinski definition) is 1. The van der Waals surface area contributed by atoms with Gasteiger partial charge in [0, 0.05) is 35.1 Å². The molecule has 0 unspecified atom stereocenters. The van der Waals surface area contributed by atoms with E-state index in [0.717, 1.165) is 33.5 Å². The molecule has 0 aliphatic carbocycles. The fraction of sp³-hybridized carbons (Fsp3) is 0.208. The number of nitrogens with zero attached hydrogens (tertiary/aromatic N) is 1. The van der Waals surface area contributed by atoms with Crippen molar-refractivity contribution in [3.63, 3.8) is 0 Å². The van der Waals surface area contributed by atoms with Crippen LogP contribution in [0.2, 0.25) is 0 Å². The van der Waals surface area contributed by atoms with Gasteiger partial charge in [0.05, 0.1) is 12.0 Å². The number of carbonyl (C=O) groups is 1. The van der Waals surface area contributed by atoms with Gasteiger partial charge in [0.2, 0.25) is 5.91 Å². The zero-order valence-corrected chi connectivity index (χ0v) is 17.5. The van der Waals surface area contributed by atoms with E-state index in [1.54, 1.807) is 4.90 Å². The van der Waals surface area contributed by atoms with Crippen molar-refractivity contribution in [2.24, 2.45) is 0 Å². The summed E-state index contributed by atoms with van der Waals surface area (Å²) in [5.41, 5.74) is 2.13. The number of fused-ring (bicyclic) bond motifs is 1. The maximum atomic E-state index is 13.0. The molecule has 7 heteroatoms. The Morgan fingerprint density at radius 2 is 1.77 bits per heavy atom. The molecule has 0 atom stereocenters. The molecular weight excluding hydrogens is 421 g/mol. The normalized spacial score (nSPS) is 11.7. The van der Waals surface area contributed by atoms with E-state index in [4.69, 9.17) is 0 Å². The Hall–Kier alpha value is -3.06. The number of benzene rings is 2. The van der Waals surface area contributed by atoms with Crippen LogP contribution in [-0.4, -0.2) is 22.3 Å². The van der Waals surface area contributed by atoms with Gasteiger partial charge in [0.15, 0.2) is 0 Å². The second-order valence-electron chi connectivity index (χ2n) is 7.38. The number of carbonyl (C=O) groups excluding carboxylic acids is 1. The molecule has 0 bridgehead atoms. The van der Waals surface area contributed by atoms with Gasteiger partial charge in [-0.25, -0.2) is 0 Å². The summed E-state index contributed by atoms with van der Waals surface area (Å²) in [6.45, 7) is 0.748. The molecule has 0 spiro atoms. The van der Waals surface area contributed by atoms with E-state index in [9.17, 15) is 18.0 Å². The topological polar surface area (TPSA) is 36.1 Å². The van der Waals surface area contributed by atoms with Gasteiger partial charge in [-0.1, -0.05) is 36.4 Å². The highest BCUT2D eigenvalue weighted by atomic mass is 32.1. The molecule has 4 aromatic rings. The first-order chi connectivity index (χ1) is 14.9. The summed E-state index contributed by atoms with van der Waals surface area (Å²) in [5, 5.41) is 3.04. The number of halogens is 3. The quantitative estimate of drug-likeness (QED) is 0.371. The number of aromatic amines is 1. The number of para-hydroxylation sites is 1. The van der Waals surface area contributed by atoms with Crippen LogP contribution in [0.25, 0.3) is 10.9 Å². The fourth-order valence-corrected chi connectivity index (χ4v) is 4.28. The Labute approximate surface area is 182 Å². The monoisotopic (exact) mass is 442 g/mol. The minimum Gasteiger partial charge on any atom is -0.361 e. The van der Waals surface area contributed by atoms with Crippen LogP contribution in [0.15, 0.2) is 72.2 Å². The van der Waals surface area contributed by atoms with E-state index in [2.05, 4.69) is 4.98 Å². The van der Waals surface area contributed by atoms with Gasteiger partial charge in [-0.05, 0) is 47.2 Å². The average Bonchev–Trinajstić information content (AvgIpc) is 3.40. The first kappa shape index (κ1) is 21.2. The molecule has 2 aromatic carbocycles. The number of amides is 1. The van der Waals surface area contributed by atoms with Crippen molar-refractivity contribution in [3.8, 4) is 0 Å². The molecule has 0 saturated carbocycles. The van der Waals surface area contributed by atoms with Crippen LogP contribution in [0.3, 0.4) is 0 Å². The Balaban J connectivity index is 1.51. The Morgan fingerprint density at radius 3 is 2.48 bits per heavy atom. The summed E-state index contributed by atoms with van der Waals surface area (Å²) < 4.78 is 38.6. The van der Waals surface area contributed by atoms with Crippen molar-refractivity contribution in [1.29, 1.82) is 0 Å². The smallest absolute Gasteiger partial charge is 0.361 e. The zero-order valence-electron chi connectivity index (χ0n) is 16.7. The summed E-state index contributed by atoms with van der Waals surface area (Å²) in [7, 11) is 0. The molecule has 1 amide bonds. The molecule has 0 aliphatic heterocycles. The first-order valence-electron chi connectivity index (χ1n) is 9.91. The SMILES string of the molecule is O=C(Cc1cccs1)N(CCc1c[nH]c2ccccc12)Cc1ccc(C(F)(F)F)cc1.